The fourth-order valence-electron chi connectivity index (χ4n) is 5.79. The van der Waals surface area contributed by atoms with E-state index >= 15 is 0 Å². The number of alkyl halides is 3. The van der Waals surface area contributed by atoms with Crippen molar-refractivity contribution in [2.24, 2.45) is 5.92 Å². The van der Waals surface area contributed by atoms with Crippen LogP contribution in [-0.2, 0) is 20.5 Å². The zero-order valence-corrected chi connectivity index (χ0v) is 23.3. The molecule has 6 rings (SSSR count). The molecular weight excluding hydrogens is 579 g/mol. The highest BCUT2D eigenvalue weighted by atomic mass is 19.4. The van der Waals surface area contributed by atoms with Gasteiger partial charge >= 0.3 is 18.1 Å². The molecule has 3 aromatic heterocycles. The van der Waals surface area contributed by atoms with E-state index in [2.05, 4.69) is 20.6 Å². The van der Waals surface area contributed by atoms with Crippen LogP contribution in [0.15, 0.2) is 55.0 Å². The van der Waals surface area contributed by atoms with E-state index in [0.29, 0.717) is 48.3 Å². The van der Waals surface area contributed by atoms with Crippen LogP contribution in [0.5, 0.6) is 0 Å². The second-order valence-corrected chi connectivity index (χ2v) is 10.9. The first kappa shape index (κ1) is 29.2. The summed E-state index contributed by atoms with van der Waals surface area (Å²) in [6.07, 6.45) is 2.86. The Morgan fingerprint density at radius 2 is 1.82 bits per heavy atom. The molecule has 1 saturated carbocycles. The van der Waals surface area contributed by atoms with Crippen molar-refractivity contribution < 1.29 is 32.3 Å². The molecule has 4 aromatic rings. The minimum absolute atomic E-state index is 0.111. The van der Waals surface area contributed by atoms with Gasteiger partial charge in [0.15, 0.2) is 0 Å². The number of hydrogen-bond donors (Lipinski definition) is 3. The first-order valence-corrected chi connectivity index (χ1v) is 14.1. The van der Waals surface area contributed by atoms with E-state index in [1.807, 2.05) is 4.40 Å². The fourth-order valence-corrected chi connectivity index (χ4v) is 5.79. The molecule has 4 N–H and O–H groups in total. The van der Waals surface area contributed by atoms with Crippen molar-refractivity contribution in [3.05, 3.63) is 71.9 Å². The summed E-state index contributed by atoms with van der Waals surface area (Å²) in [5.41, 5.74) is 7.24. The summed E-state index contributed by atoms with van der Waals surface area (Å²) < 4.78 is 46.1. The molecule has 0 radical (unpaired) electrons. The molecule has 14 heteroatoms. The van der Waals surface area contributed by atoms with Crippen molar-refractivity contribution >= 4 is 35.0 Å². The van der Waals surface area contributed by atoms with Crippen LogP contribution in [0, 0.1) is 5.92 Å². The number of nitrogens with one attached hydrogen (secondary N) is 2. The van der Waals surface area contributed by atoms with Gasteiger partial charge in [0.1, 0.15) is 34.7 Å². The van der Waals surface area contributed by atoms with Crippen molar-refractivity contribution in [3.8, 4) is 11.3 Å². The molecular formula is C30H28F3N7O4. The van der Waals surface area contributed by atoms with Crippen molar-refractivity contribution in [2.45, 2.75) is 50.2 Å². The Bertz CT molecular complexity index is 1730. The lowest BCUT2D eigenvalue weighted by atomic mass is 10.0. The smallest absolute Gasteiger partial charge is 0.392 e. The molecule has 4 heterocycles. The number of esters is 2. The summed E-state index contributed by atoms with van der Waals surface area (Å²) in [6, 6.07) is 7.50. The maximum Gasteiger partial charge on any atom is 0.416 e. The number of halogens is 3. The van der Waals surface area contributed by atoms with Gasteiger partial charge in [0.2, 0.25) is 0 Å². The van der Waals surface area contributed by atoms with Crippen LogP contribution in [0.2, 0.25) is 0 Å². The Morgan fingerprint density at radius 1 is 1.02 bits per heavy atom. The number of pyridine rings is 1. The average molecular weight is 608 g/mol. The fraction of sp³-hybridized carbons (Fsp3) is 0.333. The van der Waals surface area contributed by atoms with E-state index in [0.717, 1.165) is 31.3 Å². The lowest BCUT2D eigenvalue weighted by Crippen LogP contribution is -2.35. The number of aromatic nitrogens is 4. The highest BCUT2D eigenvalue weighted by Crippen LogP contribution is 2.41. The third-order valence-electron chi connectivity index (χ3n) is 8.04. The van der Waals surface area contributed by atoms with Gasteiger partial charge in [-0.05, 0) is 62.9 Å². The highest BCUT2D eigenvalue weighted by molar-refractivity contribution is 6.04. The molecule has 1 aromatic carbocycles. The molecule has 1 aliphatic carbocycles. The van der Waals surface area contributed by atoms with Gasteiger partial charge < -0.3 is 21.1 Å². The number of hydrogen-bond acceptors (Lipinski definition) is 9. The zero-order valence-electron chi connectivity index (χ0n) is 23.3. The van der Waals surface area contributed by atoms with Crippen LogP contribution in [0.3, 0.4) is 0 Å². The standard InChI is InChI=1S/C30H28F3N7O4/c31-30(32,33)20-9-11-36-22(15-20)38-27(41)17-5-3-16(4-6-17)23-24-25(34)37-12-13-40(24)26(39-23)18-7-8-19(14-18)28(42)44-29(43)21-2-1-10-35-21/h3-6,9,11-13,15,18-19,21,35H,1-2,7-8,10,14H2,(H2,34,37)(H,36,38,41)/t18-,19+,21+/m0/s1. The third kappa shape index (κ3) is 5.84. The number of nitrogens with zero attached hydrogens (tertiary/aromatic N) is 4. The molecule has 11 nitrogen and oxygen atoms in total. The Morgan fingerprint density at radius 3 is 2.55 bits per heavy atom. The number of ether oxygens (including phenoxy) is 1. The van der Waals surface area contributed by atoms with Gasteiger partial charge in [-0.1, -0.05) is 12.1 Å². The predicted octanol–water partition coefficient (Wildman–Crippen LogP) is 4.35. The zero-order chi connectivity index (χ0) is 31.0. The number of carbonyl (C=O) groups excluding carboxylic acids is 3. The Hall–Kier alpha value is -4.85. The second kappa shape index (κ2) is 11.7. The van der Waals surface area contributed by atoms with Crippen LogP contribution in [0.1, 0.15) is 59.8 Å². The first-order chi connectivity index (χ1) is 21.1. The number of carbonyl (C=O) groups is 3. The van der Waals surface area contributed by atoms with Crippen molar-refractivity contribution in [3.63, 3.8) is 0 Å². The highest BCUT2D eigenvalue weighted by Gasteiger charge is 2.37. The SMILES string of the molecule is Nc1nccn2c([C@H]3CC[C@@H](C(=O)OC(=O)[C@H]4CCCN4)C3)nc(-c3ccc(C(=O)Nc4cc(C(F)(F)F)ccn4)cc3)c12. The molecule has 3 atom stereocenters. The largest absolute Gasteiger partial charge is 0.416 e. The van der Waals surface area contributed by atoms with E-state index in [9.17, 15) is 27.6 Å². The number of amides is 1. The van der Waals surface area contributed by atoms with Gasteiger partial charge in [-0.3, -0.25) is 14.0 Å². The topological polar surface area (TPSA) is 154 Å². The van der Waals surface area contributed by atoms with Gasteiger partial charge in [0.25, 0.3) is 5.91 Å². The quantitative estimate of drug-likeness (QED) is 0.214. The van der Waals surface area contributed by atoms with Gasteiger partial charge in [0.05, 0.1) is 11.5 Å². The lowest BCUT2D eigenvalue weighted by molar-refractivity contribution is -0.163. The second-order valence-electron chi connectivity index (χ2n) is 10.9. The molecule has 2 aliphatic rings. The van der Waals surface area contributed by atoms with Gasteiger partial charge in [0, 0.05) is 35.6 Å². The Kier molecular flexibility index (Phi) is 7.76. The Balaban J connectivity index is 1.20. The number of fused-ring (bicyclic) bond motifs is 1. The molecule has 228 valence electrons. The van der Waals surface area contributed by atoms with Crippen LogP contribution < -0.4 is 16.4 Å². The maximum absolute atomic E-state index is 13.0. The van der Waals surface area contributed by atoms with E-state index in [4.69, 9.17) is 15.5 Å². The molecule has 0 spiro atoms. The van der Waals surface area contributed by atoms with Crippen LogP contribution in [0.25, 0.3) is 16.8 Å². The van der Waals surface area contributed by atoms with Crippen molar-refractivity contribution in [2.75, 3.05) is 17.6 Å². The summed E-state index contributed by atoms with van der Waals surface area (Å²) in [6.45, 7) is 0.722. The molecule has 1 saturated heterocycles. The lowest BCUT2D eigenvalue weighted by Gasteiger charge is -2.12. The predicted molar refractivity (Wildman–Crippen MR) is 152 cm³/mol. The van der Waals surface area contributed by atoms with Crippen LogP contribution in [-0.4, -0.2) is 49.8 Å². The first-order valence-electron chi connectivity index (χ1n) is 14.1. The van der Waals surface area contributed by atoms with Gasteiger partial charge in [-0.15, -0.1) is 0 Å². The minimum atomic E-state index is -4.57. The molecule has 0 unspecified atom stereocenters. The van der Waals surface area contributed by atoms with Crippen LogP contribution in [0.4, 0.5) is 24.8 Å². The Labute approximate surface area is 249 Å². The number of imidazole rings is 1. The number of nitrogens with two attached hydrogens (primary N) is 1. The molecule has 1 aliphatic heterocycles. The van der Waals surface area contributed by atoms with E-state index < -0.39 is 41.5 Å². The summed E-state index contributed by atoms with van der Waals surface area (Å²) in [7, 11) is 0. The molecule has 44 heavy (non-hydrogen) atoms. The van der Waals surface area contributed by atoms with Gasteiger partial charge in [-0.25, -0.2) is 19.7 Å². The summed E-state index contributed by atoms with van der Waals surface area (Å²) >= 11 is 0. The van der Waals surface area contributed by atoms with Crippen molar-refractivity contribution in [1.29, 1.82) is 0 Å². The van der Waals surface area contributed by atoms with Gasteiger partial charge in [-0.2, -0.15) is 13.2 Å². The number of benzene rings is 1. The number of anilines is 2. The average Bonchev–Trinajstić information content (AvgIpc) is 3.78. The molecule has 0 bridgehead atoms. The van der Waals surface area contributed by atoms with E-state index in [-0.39, 0.29) is 23.1 Å². The molecule has 1 amide bonds. The van der Waals surface area contributed by atoms with Crippen molar-refractivity contribution in [1.82, 2.24) is 24.7 Å². The maximum atomic E-state index is 13.0. The summed E-state index contributed by atoms with van der Waals surface area (Å²) in [5, 5.41) is 5.43. The summed E-state index contributed by atoms with van der Waals surface area (Å²) in [4.78, 5) is 50.8. The normalized spacial score (nSPS) is 20.1. The van der Waals surface area contributed by atoms with E-state index in [1.54, 1.807) is 24.5 Å². The molecule has 2 fully saturated rings. The number of nitrogen functional groups attached to an aromatic ring is 1. The summed E-state index contributed by atoms with van der Waals surface area (Å²) in [5.74, 6) is -1.55. The van der Waals surface area contributed by atoms with Crippen LogP contribution >= 0.6 is 0 Å². The third-order valence-corrected chi connectivity index (χ3v) is 8.04. The van der Waals surface area contributed by atoms with E-state index in [1.165, 1.54) is 12.1 Å². The monoisotopic (exact) mass is 607 g/mol. The number of rotatable bonds is 6. The minimum Gasteiger partial charge on any atom is -0.392 e.